The van der Waals surface area contributed by atoms with Crippen molar-refractivity contribution in [1.29, 1.82) is 0 Å². The van der Waals surface area contributed by atoms with Gasteiger partial charge in [-0.1, -0.05) is 158 Å². The molecule has 0 saturated heterocycles. The summed E-state index contributed by atoms with van der Waals surface area (Å²) in [6.45, 7) is 0. The molecule has 0 aliphatic rings. The third-order valence-electron chi connectivity index (χ3n) is 11.2. The zero-order valence-electron chi connectivity index (χ0n) is 30.5. The first kappa shape index (κ1) is 31.5. The second-order valence-corrected chi connectivity index (χ2v) is 14.4. The molecule has 0 radical (unpaired) electrons. The second kappa shape index (κ2) is 12.3. The Morgan fingerprint density at radius 2 is 0.719 bits per heavy atom. The van der Waals surface area contributed by atoms with Gasteiger partial charge in [0, 0.05) is 43.4 Å². The third kappa shape index (κ3) is 4.87. The maximum atomic E-state index is 6.34. The van der Waals surface area contributed by atoms with Crippen LogP contribution >= 0.6 is 0 Å². The van der Waals surface area contributed by atoms with Crippen molar-refractivity contribution in [1.82, 2.24) is 24.1 Å². The molecule has 6 heteroatoms. The van der Waals surface area contributed by atoms with E-state index in [1.807, 2.05) is 12.1 Å². The van der Waals surface area contributed by atoms with Crippen molar-refractivity contribution in [2.75, 3.05) is 0 Å². The summed E-state index contributed by atoms with van der Waals surface area (Å²) in [5.41, 5.74) is 11.3. The molecule has 12 rings (SSSR count). The highest BCUT2D eigenvalue weighted by atomic mass is 16.3. The third-order valence-corrected chi connectivity index (χ3v) is 11.2. The lowest BCUT2D eigenvalue weighted by atomic mass is 9.98. The van der Waals surface area contributed by atoms with Gasteiger partial charge in [0.1, 0.15) is 11.2 Å². The lowest BCUT2D eigenvalue weighted by molar-refractivity contribution is 0.670. The molecule has 57 heavy (non-hydrogen) atoms. The number of nitrogens with zero attached hydrogens (tertiary/aromatic N) is 5. The molecule has 0 N–H and O–H groups in total. The van der Waals surface area contributed by atoms with E-state index in [2.05, 4.69) is 185 Å². The Morgan fingerprint density at radius 3 is 1.23 bits per heavy atom. The van der Waals surface area contributed by atoms with E-state index >= 15 is 0 Å². The SMILES string of the molecule is c1ccc2c(c1)oc1c(-c3ccc(-c4ccc(-c5nc(-n6c7ccccc7c7ccccc76)nc(-n6c7ccccc7c7ccccc76)n5)cc4)cc3)cccc12. The van der Waals surface area contributed by atoms with Gasteiger partial charge in [-0.15, -0.1) is 0 Å². The Morgan fingerprint density at radius 1 is 0.316 bits per heavy atom. The van der Waals surface area contributed by atoms with Gasteiger partial charge in [0.25, 0.3) is 0 Å². The standard InChI is InChI=1S/C51H31N5O/c1-6-19-43-37(12-1)38-13-2-7-20-44(38)55(43)50-52-49(53-51(54-50)56-45-21-8-3-14-39(45)40-15-4-9-22-46(40)56)35-30-26-33(27-31-35)32-24-28-34(29-25-32)36-17-11-18-42-41-16-5-10-23-47(41)57-48(36)42/h1-31H. The van der Waals surface area contributed by atoms with Crippen LogP contribution in [0.25, 0.3) is 111 Å². The summed E-state index contributed by atoms with van der Waals surface area (Å²) in [7, 11) is 0. The van der Waals surface area contributed by atoms with Gasteiger partial charge in [-0.25, -0.2) is 0 Å². The van der Waals surface area contributed by atoms with Crippen molar-refractivity contribution in [3.05, 3.63) is 188 Å². The molecule has 0 aliphatic heterocycles. The lowest BCUT2D eigenvalue weighted by Crippen LogP contribution is -2.10. The molecule has 0 amide bonds. The number of furan rings is 1. The predicted molar refractivity (Wildman–Crippen MR) is 232 cm³/mol. The van der Waals surface area contributed by atoms with Gasteiger partial charge in [-0.3, -0.25) is 9.13 Å². The minimum Gasteiger partial charge on any atom is -0.455 e. The molecule has 0 atom stereocenters. The quantitative estimate of drug-likeness (QED) is 0.177. The van der Waals surface area contributed by atoms with Crippen LogP contribution < -0.4 is 0 Å². The summed E-state index contributed by atoms with van der Waals surface area (Å²) < 4.78 is 10.7. The van der Waals surface area contributed by atoms with Gasteiger partial charge in [-0.05, 0) is 47.0 Å². The zero-order chi connectivity index (χ0) is 37.5. The molecule has 12 aromatic rings. The van der Waals surface area contributed by atoms with Crippen LogP contribution in [-0.2, 0) is 0 Å². The van der Waals surface area contributed by atoms with Crippen LogP contribution in [0.15, 0.2) is 192 Å². The van der Waals surface area contributed by atoms with Crippen molar-refractivity contribution in [3.63, 3.8) is 0 Å². The van der Waals surface area contributed by atoms with Crippen molar-refractivity contribution >= 4 is 65.6 Å². The first-order valence-electron chi connectivity index (χ1n) is 19.1. The topological polar surface area (TPSA) is 61.7 Å². The summed E-state index contributed by atoms with van der Waals surface area (Å²) in [4.78, 5) is 15.7. The molecule has 266 valence electrons. The van der Waals surface area contributed by atoms with Crippen LogP contribution in [0.5, 0.6) is 0 Å². The van der Waals surface area contributed by atoms with Crippen LogP contribution in [0.2, 0.25) is 0 Å². The van der Waals surface area contributed by atoms with E-state index < -0.39 is 0 Å². The number of fused-ring (bicyclic) bond motifs is 9. The number of rotatable bonds is 5. The van der Waals surface area contributed by atoms with Crippen molar-refractivity contribution < 1.29 is 4.42 Å². The number of benzene rings is 8. The Hall–Kier alpha value is -7.83. The van der Waals surface area contributed by atoms with E-state index in [0.29, 0.717) is 17.7 Å². The number of para-hydroxylation sites is 6. The Bertz CT molecular complexity index is 3280. The molecule has 4 heterocycles. The van der Waals surface area contributed by atoms with Crippen LogP contribution in [-0.4, -0.2) is 24.1 Å². The molecule has 0 saturated carbocycles. The van der Waals surface area contributed by atoms with E-state index in [1.54, 1.807) is 0 Å². The van der Waals surface area contributed by atoms with Crippen LogP contribution in [0.3, 0.4) is 0 Å². The Labute approximate surface area is 326 Å². The van der Waals surface area contributed by atoms with E-state index in [0.717, 1.165) is 93.4 Å². The normalized spacial score (nSPS) is 11.9. The van der Waals surface area contributed by atoms with Crippen molar-refractivity contribution in [3.8, 4) is 45.5 Å². The first-order chi connectivity index (χ1) is 28.3. The van der Waals surface area contributed by atoms with Crippen LogP contribution in [0.1, 0.15) is 0 Å². The predicted octanol–water partition coefficient (Wildman–Crippen LogP) is 13.0. The molecule has 0 aliphatic carbocycles. The molecule has 0 spiro atoms. The summed E-state index contributed by atoms with van der Waals surface area (Å²) in [5.74, 6) is 1.72. The molecule has 0 fully saturated rings. The minimum atomic E-state index is 0.563. The van der Waals surface area contributed by atoms with Crippen LogP contribution in [0, 0.1) is 0 Å². The molecule has 4 aromatic heterocycles. The average Bonchev–Trinajstić information content (AvgIpc) is 3.94. The zero-order valence-corrected chi connectivity index (χ0v) is 30.5. The number of hydrogen-bond donors (Lipinski definition) is 0. The Balaban J connectivity index is 0.990. The summed E-state index contributed by atoms with van der Waals surface area (Å²) in [6, 6.07) is 65.6. The summed E-state index contributed by atoms with van der Waals surface area (Å²) in [5, 5.41) is 6.87. The highest BCUT2D eigenvalue weighted by Gasteiger charge is 2.20. The van der Waals surface area contributed by atoms with E-state index in [4.69, 9.17) is 19.4 Å². The molecule has 0 unspecified atom stereocenters. The Kier molecular flexibility index (Phi) is 6.83. The number of aromatic nitrogens is 5. The highest BCUT2D eigenvalue weighted by molar-refractivity contribution is 6.11. The maximum Gasteiger partial charge on any atom is 0.240 e. The smallest absolute Gasteiger partial charge is 0.240 e. The van der Waals surface area contributed by atoms with Gasteiger partial charge in [0.05, 0.1) is 22.1 Å². The van der Waals surface area contributed by atoms with Crippen LogP contribution in [0.4, 0.5) is 0 Å². The van der Waals surface area contributed by atoms with E-state index in [1.165, 1.54) is 0 Å². The van der Waals surface area contributed by atoms with Gasteiger partial charge < -0.3 is 4.42 Å². The fourth-order valence-corrected chi connectivity index (χ4v) is 8.59. The van der Waals surface area contributed by atoms with Crippen molar-refractivity contribution in [2.24, 2.45) is 0 Å². The summed E-state index contributed by atoms with van der Waals surface area (Å²) >= 11 is 0. The molecule has 8 aromatic carbocycles. The molecule has 6 nitrogen and oxygen atoms in total. The van der Waals surface area contributed by atoms with Gasteiger partial charge in [0.2, 0.25) is 11.9 Å². The maximum absolute atomic E-state index is 6.34. The van der Waals surface area contributed by atoms with Gasteiger partial charge in [0.15, 0.2) is 5.82 Å². The minimum absolute atomic E-state index is 0.563. The molecular weight excluding hydrogens is 699 g/mol. The fraction of sp³-hybridized carbons (Fsp3) is 0. The first-order valence-corrected chi connectivity index (χ1v) is 19.1. The molecular formula is C51H31N5O. The van der Waals surface area contributed by atoms with Gasteiger partial charge in [-0.2, -0.15) is 15.0 Å². The number of hydrogen-bond acceptors (Lipinski definition) is 4. The lowest BCUT2D eigenvalue weighted by Gasteiger charge is -2.13. The largest absolute Gasteiger partial charge is 0.455 e. The van der Waals surface area contributed by atoms with E-state index in [-0.39, 0.29) is 0 Å². The van der Waals surface area contributed by atoms with Gasteiger partial charge >= 0.3 is 0 Å². The molecule has 0 bridgehead atoms. The monoisotopic (exact) mass is 729 g/mol. The fourth-order valence-electron chi connectivity index (χ4n) is 8.59. The van der Waals surface area contributed by atoms with E-state index in [9.17, 15) is 0 Å². The summed E-state index contributed by atoms with van der Waals surface area (Å²) in [6.07, 6.45) is 0. The highest BCUT2D eigenvalue weighted by Crippen LogP contribution is 2.38. The average molecular weight is 730 g/mol. The second-order valence-electron chi connectivity index (χ2n) is 14.4. The van der Waals surface area contributed by atoms with Crippen molar-refractivity contribution in [2.45, 2.75) is 0 Å².